The lowest BCUT2D eigenvalue weighted by atomic mass is 9.85. The third kappa shape index (κ3) is 3.17. The van der Waals surface area contributed by atoms with E-state index in [0.29, 0.717) is 0 Å². The van der Waals surface area contributed by atoms with Crippen LogP contribution in [0, 0.1) is 0 Å². The van der Waals surface area contributed by atoms with Gasteiger partial charge in [-0.3, -0.25) is 0 Å². The third-order valence-corrected chi connectivity index (χ3v) is 10.9. The fourth-order valence-electron chi connectivity index (χ4n) is 5.12. The number of benzene rings is 3. The minimum absolute atomic E-state index is 0.218. The Labute approximate surface area is 177 Å². The van der Waals surface area contributed by atoms with Crippen LogP contribution in [-0.4, -0.2) is 8.07 Å². The molecule has 4 rings (SSSR count). The predicted octanol–water partition coefficient (Wildman–Crippen LogP) is 5.96. The Hall–Kier alpha value is -1.90. The summed E-state index contributed by atoms with van der Waals surface area (Å²) in [4.78, 5) is 0. The van der Waals surface area contributed by atoms with Crippen LogP contribution in [0.3, 0.4) is 0 Å². The first-order valence-corrected chi connectivity index (χ1v) is 14.4. The van der Waals surface area contributed by atoms with Crippen LogP contribution in [0.1, 0.15) is 57.6 Å². The van der Waals surface area contributed by atoms with Gasteiger partial charge in [0.25, 0.3) is 0 Å². The van der Waals surface area contributed by atoms with Crippen molar-refractivity contribution >= 4 is 29.2 Å². The normalized spacial score (nSPS) is 14.8. The van der Waals surface area contributed by atoms with Crippen LogP contribution in [-0.2, 0) is 12.0 Å². The maximum atomic E-state index is 6.77. The molecule has 29 heavy (non-hydrogen) atoms. The molecule has 0 aliphatic carbocycles. The summed E-state index contributed by atoms with van der Waals surface area (Å²) in [5.74, 6) is 0. The molecular formula is C27H35NSi. The van der Waals surface area contributed by atoms with Gasteiger partial charge in [-0.05, 0) is 69.1 Å². The summed E-state index contributed by atoms with van der Waals surface area (Å²) in [6, 6.07) is 19.0. The second kappa shape index (κ2) is 7.41. The van der Waals surface area contributed by atoms with E-state index in [2.05, 4.69) is 82.4 Å². The van der Waals surface area contributed by atoms with E-state index in [1.807, 2.05) is 0 Å². The summed E-state index contributed by atoms with van der Waals surface area (Å²) >= 11 is 0. The molecule has 1 aliphatic heterocycles. The molecule has 3 aromatic carbocycles. The summed E-state index contributed by atoms with van der Waals surface area (Å²) in [7, 11) is -1.72. The second-order valence-electron chi connectivity index (χ2n) is 9.40. The van der Waals surface area contributed by atoms with Crippen LogP contribution in [0.2, 0.25) is 13.1 Å². The van der Waals surface area contributed by atoms with E-state index in [4.69, 9.17) is 5.73 Å². The van der Waals surface area contributed by atoms with Gasteiger partial charge in [0.1, 0.15) is 8.07 Å². The Morgan fingerprint density at radius 3 is 2.31 bits per heavy atom. The molecule has 2 heteroatoms. The van der Waals surface area contributed by atoms with Crippen molar-refractivity contribution in [2.45, 2.75) is 71.5 Å². The highest BCUT2D eigenvalue weighted by atomic mass is 28.3. The van der Waals surface area contributed by atoms with Crippen molar-refractivity contribution in [2.24, 2.45) is 5.73 Å². The van der Waals surface area contributed by atoms with Crippen molar-refractivity contribution in [1.82, 2.24) is 0 Å². The highest BCUT2D eigenvalue weighted by Crippen LogP contribution is 2.36. The summed E-state index contributed by atoms with van der Waals surface area (Å²) < 4.78 is 0. The molecule has 1 nitrogen and oxygen atoms in total. The van der Waals surface area contributed by atoms with Crippen molar-refractivity contribution in [3.8, 4) is 11.1 Å². The zero-order valence-electron chi connectivity index (χ0n) is 18.7. The van der Waals surface area contributed by atoms with Gasteiger partial charge in [0.2, 0.25) is 0 Å². The fraction of sp³-hybridized carbons (Fsp3) is 0.407. The smallest absolute Gasteiger partial charge is 0.113 e. The number of hydrogen-bond acceptors (Lipinski definition) is 1. The molecule has 0 unspecified atom stereocenters. The minimum atomic E-state index is -1.72. The van der Waals surface area contributed by atoms with Gasteiger partial charge in [0, 0.05) is 5.54 Å². The van der Waals surface area contributed by atoms with Crippen LogP contribution in [0.15, 0.2) is 48.5 Å². The van der Waals surface area contributed by atoms with E-state index < -0.39 is 8.07 Å². The highest BCUT2D eigenvalue weighted by Gasteiger charge is 2.39. The minimum Gasteiger partial charge on any atom is -0.321 e. The molecule has 0 atom stereocenters. The van der Waals surface area contributed by atoms with Crippen LogP contribution in [0.4, 0.5) is 0 Å². The Morgan fingerprint density at radius 1 is 0.862 bits per heavy atom. The number of rotatable bonds is 6. The topological polar surface area (TPSA) is 26.0 Å². The molecular weight excluding hydrogens is 366 g/mol. The van der Waals surface area contributed by atoms with Gasteiger partial charge in [-0.2, -0.15) is 0 Å². The summed E-state index contributed by atoms with van der Waals surface area (Å²) in [6.45, 7) is 11.7. The third-order valence-electron chi connectivity index (χ3n) is 7.38. The lowest BCUT2D eigenvalue weighted by molar-refractivity contribution is 0.413. The molecule has 1 aliphatic rings. The summed E-state index contributed by atoms with van der Waals surface area (Å²) in [5, 5.41) is 5.94. The van der Waals surface area contributed by atoms with E-state index in [-0.39, 0.29) is 5.54 Å². The number of aryl methyl sites for hydroxylation is 1. The molecule has 0 spiro atoms. The zero-order chi connectivity index (χ0) is 20.8. The molecule has 0 amide bonds. The molecule has 2 N–H and O–H groups in total. The average Bonchev–Trinajstić information content (AvgIpc) is 2.98. The quantitative estimate of drug-likeness (QED) is 0.507. The van der Waals surface area contributed by atoms with E-state index in [9.17, 15) is 0 Å². The largest absolute Gasteiger partial charge is 0.321 e. The molecule has 0 radical (unpaired) electrons. The van der Waals surface area contributed by atoms with Gasteiger partial charge in [-0.1, -0.05) is 88.8 Å². The van der Waals surface area contributed by atoms with E-state index >= 15 is 0 Å². The average molecular weight is 402 g/mol. The van der Waals surface area contributed by atoms with Crippen molar-refractivity contribution < 1.29 is 0 Å². The Bertz CT molecular complexity index is 1060. The monoisotopic (exact) mass is 401 g/mol. The molecule has 0 bridgehead atoms. The highest BCUT2D eigenvalue weighted by molar-refractivity contribution is 7.04. The molecule has 3 aromatic rings. The van der Waals surface area contributed by atoms with E-state index in [0.717, 1.165) is 12.8 Å². The summed E-state index contributed by atoms with van der Waals surface area (Å²) in [6.07, 6.45) is 5.63. The fourth-order valence-corrected chi connectivity index (χ4v) is 8.20. The van der Waals surface area contributed by atoms with Gasteiger partial charge in [-0.15, -0.1) is 0 Å². The molecule has 0 fully saturated rings. The van der Waals surface area contributed by atoms with Crippen LogP contribution < -0.4 is 16.1 Å². The SMILES string of the molecule is CCCCc1ccc2c3c(ccc2c1)[Si](C)(C)c1cc(C(N)(CC)CC)ccc1-3. The van der Waals surface area contributed by atoms with Crippen molar-refractivity contribution in [1.29, 1.82) is 0 Å². The number of hydrogen-bond donors (Lipinski definition) is 1. The Kier molecular flexibility index (Phi) is 5.21. The Balaban J connectivity index is 1.89. The molecule has 1 heterocycles. The van der Waals surface area contributed by atoms with E-state index in [1.54, 1.807) is 10.4 Å². The molecule has 0 saturated heterocycles. The van der Waals surface area contributed by atoms with E-state index in [1.165, 1.54) is 52.3 Å². The lowest BCUT2D eigenvalue weighted by Gasteiger charge is -2.29. The van der Waals surface area contributed by atoms with Crippen molar-refractivity contribution in [2.75, 3.05) is 0 Å². The van der Waals surface area contributed by atoms with Gasteiger partial charge in [-0.25, -0.2) is 0 Å². The lowest BCUT2D eigenvalue weighted by Crippen LogP contribution is -2.50. The maximum absolute atomic E-state index is 6.77. The maximum Gasteiger partial charge on any atom is 0.113 e. The standard InChI is InChI=1S/C27H35NSi/c1-6-9-10-19-11-14-22-20(17-19)12-16-24-26(22)23-15-13-21(27(28,7-2)8-3)18-25(23)29(24,4)5/h11-18H,6-10,28H2,1-5H3. The number of unbranched alkanes of at least 4 members (excludes halogenated alkanes) is 1. The van der Waals surface area contributed by atoms with Crippen LogP contribution in [0.25, 0.3) is 21.9 Å². The van der Waals surface area contributed by atoms with Crippen molar-refractivity contribution in [3.63, 3.8) is 0 Å². The second-order valence-corrected chi connectivity index (χ2v) is 13.7. The van der Waals surface area contributed by atoms with Crippen LogP contribution >= 0.6 is 0 Å². The molecule has 0 aromatic heterocycles. The Morgan fingerprint density at radius 2 is 1.62 bits per heavy atom. The number of nitrogens with two attached hydrogens (primary N) is 1. The zero-order valence-corrected chi connectivity index (χ0v) is 19.7. The first kappa shape index (κ1) is 20.4. The predicted molar refractivity (Wildman–Crippen MR) is 131 cm³/mol. The van der Waals surface area contributed by atoms with Gasteiger partial charge >= 0.3 is 0 Å². The summed E-state index contributed by atoms with van der Waals surface area (Å²) in [5.41, 5.74) is 12.2. The molecule has 0 saturated carbocycles. The van der Waals surface area contributed by atoms with Gasteiger partial charge < -0.3 is 5.73 Å². The van der Waals surface area contributed by atoms with Crippen LogP contribution in [0.5, 0.6) is 0 Å². The molecule has 152 valence electrons. The first-order valence-electron chi connectivity index (χ1n) is 11.4. The van der Waals surface area contributed by atoms with Gasteiger partial charge in [0.05, 0.1) is 0 Å². The number of fused-ring (bicyclic) bond motifs is 5. The van der Waals surface area contributed by atoms with Crippen molar-refractivity contribution in [3.05, 3.63) is 59.7 Å². The first-order chi connectivity index (χ1) is 13.9. The van der Waals surface area contributed by atoms with Gasteiger partial charge in [0.15, 0.2) is 0 Å².